The highest BCUT2D eigenvalue weighted by atomic mass is 15.5. The minimum atomic E-state index is 0.418. The normalized spacial score (nSPS) is 17.2. The van der Waals surface area contributed by atoms with Gasteiger partial charge in [0.2, 0.25) is 0 Å². The fraction of sp³-hybridized carbons (Fsp3) is 0.417. The summed E-state index contributed by atoms with van der Waals surface area (Å²) in [7, 11) is 0. The van der Waals surface area contributed by atoms with Gasteiger partial charge in [-0.1, -0.05) is 30.3 Å². The molecule has 0 aliphatic carbocycles. The van der Waals surface area contributed by atoms with E-state index < -0.39 is 0 Å². The van der Waals surface area contributed by atoms with Gasteiger partial charge in [-0.25, -0.2) is 4.68 Å². The summed E-state index contributed by atoms with van der Waals surface area (Å²) in [5.41, 5.74) is 1.08. The SMILES string of the molecule is c1ccc(-c2nnnn2C2CCNCC2)cc1. The van der Waals surface area contributed by atoms with E-state index in [1.54, 1.807) is 0 Å². The number of hydrogen-bond acceptors (Lipinski definition) is 4. The molecule has 0 atom stereocenters. The molecule has 0 bridgehead atoms. The number of nitrogens with one attached hydrogen (secondary N) is 1. The fourth-order valence-corrected chi connectivity index (χ4v) is 2.27. The van der Waals surface area contributed by atoms with Crippen molar-refractivity contribution in [1.29, 1.82) is 0 Å². The van der Waals surface area contributed by atoms with E-state index in [0.29, 0.717) is 6.04 Å². The first-order chi connectivity index (χ1) is 8.45. The molecule has 1 aromatic heterocycles. The number of benzene rings is 1. The molecule has 5 heteroatoms. The molecule has 17 heavy (non-hydrogen) atoms. The number of hydrogen-bond donors (Lipinski definition) is 1. The lowest BCUT2D eigenvalue weighted by molar-refractivity contribution is 0.340. The predicted octanol–water partition coefficient (Wildman–Crippen LogP) is 1.26. The van der Waals surface area contributed by atoms with Gasteiger partial charge in [0.1, 0.15) is 0 Å². The van der Waals surface area contributed by atoms with Crippen LogP contribution in [0.15, 0.2) is 30.3 Å². The summed E-state index contributed by atoms with van der Waals surface area (Å²) in [4.78, 5) is 0. The first-order valence-corrected chi connectivity index (χ1v) is 5.99. The van der Waals surface area contributed by atoms with Crippen LogP contribution in [0.5, 0.6) is 0 Å². The van der Waals surface area contributed by atoms with Gasteiger partial charge in [0, 0.05) is 5.56 Å². The highest BCUT2D eigenvalue weighted by Gasteiger charge is 2.20. The third-order valence-corrected chi connectivity index (χ3v) is 3.18. The van der Waals surface area contributed by atoms with Crippen LogP contribution in [0.3, 0.4) is 0 Å². The Morgan fingerprint density at radius 1 is 1.12 bits per heavy atom. The number of aromatic nitrogens is 4. The molecule has 5 nitrogen and oxygen atoms in total. The lowest BCUT2D eigenvalue weighted by Crippen LogP contribution is -2.30. The van der Waals surface area contributed by atoms with E-state index >= 15 is 0 Å². The van der Waals surface area contributed by atoms with Gasteiger partial charge in [-0.05, 0) is 36.4 Å². The van der Waals surface area contributed by atoms with Crippen molar-refractivity contribution in [3.05, 3.63) is 30.3 Å². The van der Waals surface area contributed by atoms with E-state index in [1.807, 2.05) is 35.0 Å². The van der Waals surface area contributed by atoms with Crippen LogP contribution in [0.25, 0.3) is 11.4 Å². The zero-order chi connectivity index (χ0) is 11.5. The third kappa shape index (κ3) is 2.06. The van der Waals surface area contributed by atoms with E-state index in [4.69, 9.17) is 0 Å². The molecule has 1 N–H and O–H groups in total. The molecule has 0 spiro atoms. The van der Waals surface area contributed by atoms with Gasteiger partial charge in [-0.3, -0.25) is 0 Å². The molecule has 2 heterocycles. The van der Waals surface area contributed by atoms with E-state index in [1.165, 1.54) is 0 Å². The summed E-state index contributed by atoms with van der Waals surface area (Å²) >= 11 is 0. The zero-order valence-corrected chi connectivity index (χ0v) is 9.58. The summed E-state index contributed by atoms with van der Waals surface area (Å²) in [5, 5.41) is 15.5. The second-order valence-corrected chi connectivity index (χ2v) is 4.29. The Labute approximate surface area is 99.8 Å². The lowest BCUT2D eigenvalue weighted by atomic mass is 10.1. The van der Waals surface area contributed by atoms with Gasteiger partial charge in [-0.15, -0.1) is 5.10 Å². The third-order valence-electron chi connectivity index (χ3n) is 3.18. The molecule has 0 radical (unpaired) electrons. The number of nitrogens with zero attached hydrogens (tertiary/aromatic N) is 4. The van der Waals surface area contributed by atoms with E-state index in [-0.39, 0.29) is 0 Å². The molecule has 88 valence electrons. The highest BCUT2D eigenvalue weighted by molar-refractivity contribution is 5.54. The first-order valence-electron chi connectivity index (χ1n) is 5.99. The standard InChI is InChI=1S/C12H15N5/c1-2-4-10(5-3-1)12-14-15-16-17(12)11-6-8-13-9-7-11/h1-5,11,13H,6-9H2. The van der Waals surface area contributed by atoms with Crippen LogP contribution in [0, 0.1) is 0 Å². The Bertz CT molecular complexity index is 473. The number of rotatable bonds is 2. The maximum Gasteiger partial charge on any atom is 0.182 e. The first kappa shape index (κ1) is 10.4. The minimum absolute atomic E-state index is 0.418. The Balaban J connectivity index is 1.93. The average molecular weight is 229 g/mol. The van der Waals surface area contributed by atoms with Gasteiger partial charge in [0.05, 0.1) is 6.04 Å². The van der Waals surface area contributed by atoms with Gasteiger partial charge in [0.25, 0.3) is 0 Å². The van der Waals surface area contributed by atoms with Crippen molar-refractivity contribution >= 4 is 0 Å². The highest BCUT2D eigenvalue weighted by Crippen LogP contribution is 2.23. The molecule has 1 aromatic carbocycles. The van der Waals surface area contributed by atoms with E-state index in [9.17, 15) is 0 Å². The molecule has 1 fully saturated rings. The van der Waals surface area contributed by atoms with Crippen LogP contribution in [-0.2, 0) is 0 Å². The van der Waals surface area contributed by atoms with Crippen molar-refractivity contribution in [2.45, 2.75) is 18.9 Å². The summed E-state index contributed by atoms with van der Waals surface area (Å²) in [5.74, 6) is 0.873. The van der Waals surface area contributed by atoms with Crippen LogP contribution in [0.1, 0.15) is 18.9 Å². The molecular weight excluding hydrogens is 214 g/mol. The summed E-state index contributed by atoms with van der Waals surface area (Å²) in [6, 6.07) is 10.5. The number of tetrazole rings is 1. The molecular formula is C12H15N5. The molecule has 0 saturated carbocycles. The molecule has 3 rings (SSSR count). The summed E-state index contributed by atoms with van der Waals surface area (Å²) in [6.07, 6.45) is 2.18. The number of piperidine rings is 1. The van der Waals surface area contributed by atoms with Gasteiger partial charge < -0.3 is 5.32 Å². The van der Waals surface area contributed by atoms with E-state index in [2.05, 4.69) is 20.8 Å². The van der Waals surface area contributed by atoms with Gasteiger partial charge in [0.15, 0.2) is 5.82 Å². The van der Waals surface area contributed by atoms with Crippen molar-refractivity contribution in [3.63, 3.8) is 0 Å². The molecule has 1 aliphatic rings. The Morgan fingerprint density at radius 2 is 1.88 bits per heavy atom. The largest absolute Gasteiger partial charge is 0.317 e. The van der Waals surface area contributed by atoms with Gasteiger partial charge in [-0.2, -0.15) is 0 Å². The Morgan fingerprint density at radius 3 is 2.65 bits per heavy atom. The average Bonchev–Trinajstić information content (AvgIpc) is 2.90. The Hall–Kier alpha value is -1.75. The summed E-state index contributed by atoms with van der Waals surface area (Å²) < 4.78 is 1.97. The Kier molecular flexibility index (Phi) is 2.83. The van der Waals surface area contributed by atoms with Crippen LogP contribution in [0.4, 0.5) is 0 Å². The topological polar surface area (TPSA) is 55.6 Å². The van der Waals surface area contributed by atoms with Crippen LogP contribution >= 0.6 is 0 Å². The predicted molar refractivity (Wildman–Crippen MR) is 64.4 cm³/mol. The second kappa shape index (κ2) is 4.63. The smallest absolute Gasteiger partial charge is 0.182 e. The minimum Gasteiger partial charge on any atom is -0.317 e. The zero-order valence-electron chi connectivity index (χ0n) is 9.58. The fourth-order valence-electron chi connectivity index (χ4n) is 2.27. The van der Waals surface area contributed by atoms with Crippen molar-refractivity contribution in [3.8, 4) is 11.4 Å². The van der Waals surface area contributed by atoms with Crippen LogP contribution < -0.4 is 5.32 Å². The van der Waals surface area contributed by atoms with Crippen molar-refractivity contribution < 1.29 is 0 Å². The van der Waals surface area contributed by atoms with Crippen molar-refractivity contribution in [2.75, 3.05) is 13.1 Å². The van der Waals surface area contributed by atoms with Crippen LogP contribution in [-0.4, -0.2) is 33.3 Å². The molecule has 0 amide bonds. The molecule has 1 saturated heterocycles. The quantitative estimate of drug-likeness (QED) is 0.842. The van der Waals surface area contributed by atoms with Crippen LogP contribution in [0.2, 0.25) is 0 Å². The lowest BCUT2D eigenvalue weighted by Gasteiger charge is -2.23. The van der Waals surface area contributed by atoms with Gasteiger partial charge >= 0.3 is 0 Å². The van der Waals surface area contributed by atoms with Crippen molar-refractivity contribution in [1.82, 2.24) is 25.5 Å². The maximum absolute atomic E-state index is 4.14. The molecule has 1 aliphatic heterocycles. The summed E-state index contributed by atoms with van der Waals surface area (Å²) in [6.45, 7) is 2.08. The molecule has 2 aromatic rings. The maximum atomic E-state index is 4.14. The monoisotopic (exact) mass is 229 g/mol. The second-order valence-electron chi connectivity index (χ2n) is 4.29. The van der Waals surface area contributed by atoms with Crippen molar-refractivity contribution in [2.24, 2.45) is 0 Å². The van der Waals surface area contributed by atoms with E-state index in [0.717, 1.165) is 37.3 Å². The molecule has 0 unspecified atom stereocenters.